The van der Waals surface area contributed by atoms with Gasteiger partial charge < -0.3 is 11.5 Å². The number of carbonyl (C=O) groups is 1. The zero-order chi connectivity index (χ0) is 8.43. The largest absolute Gasteiger partial charge is 0.396 e. The van der Waals surface area contributed by atoms with Crippen molar-refractivity contribution in [1.29, 1.82) is 0 Å². The van der Waals surface area contributed by atoms with Gasteiger partial charge in [0, 0.05) is 13.2 Å². The van der Waals surface area contributed by atoms with Crippen LogP contribution in [0.1, 0.15) is 5.69 Å². The Hall–Kier alpha value is -1.52. The first kappa shape index (κ1) is 7.59. The number of amides is 1. The summed E-state index contributed by atoms with van der Waals surface area (Å²) in [5.41, 5.74) is 11.5. The third-order valence-corrected chi connectivity index (χ3v) is 1.28. The summed E-state index contributed by atoms with van der Waals surface area (Å²) >= 11 is 0. The highest BCUT2D eigenvalue weighted by molar-refractivity contribution is 5.77. The number of nitrogens with zero attached hydrogens (tertiary/aromatic N) is 2. The van der Waals surface area contributed by atoms with Crippen LogP contribution in [0.2, 0.25) is 0 Å². The molecule has 0 aromatic carbocycles. The van der Waals surface area contributed by atoms with Crippen LogP contribution in [0, 0.1) is 0 Å². The minimum Gasteiger partial charge on any atom is -0.396 e. The van der Waals surface area contributed by atoms with Gasteiger partial charge in [0.15, 0.2) is 0 Å². The number of rotatable bonds is 2. The molecule has 1 aromatic heterocycles. The molecule has 0 unspecified atom stereocenters. The molecular formula is C6H10N4O. The second-order valence-electron chi connectivity index (χ2n) is 2.35. The Morgan fingerprint density at radius 3 is 2.82 bits per heavy atom. The van der Waals surface area contributed by atoms with Crippen LogP contribution in [0.5, 0.6) is 0 Å². The first-order valence-corrected chi connectivity index (χ1v) is 3.16. The molecule has 0 aliphatic heterocycles. The van der Waals surface area contributed by atoms with Gasteiger partial charge in [-0.2, -0.15) is 5.10 Å². The van der Waals surface area contributed by atoms with E-state index >= 15 is 0 Å². The molecule has 1 heterocycles. The topological polar surface area (TPSA) is 86.9 Å². The maximum atomic E-state index is 10.4. The summed E-state index contributed by atoms with van der Waals surface area (Å²) in [7, 11) is 1.74. The van der Waals surface area contributed by atoms with Crippen molar-refractivity contribution >= 4 is 11.6 Å². The first-order chi connectivity index (χ1) is 5.09. The molecule has 5 nitrogen and oxygen atoms in total. The van der Waals surface area contributed by atoms with E-state index in [2.05, 4.69) is 5.10 Å². The van der Waals surface area contributed by atoms with E-state index in [0.717, 1.165) is 0 Å². The van der Waals surface area contributed by atoms with E-state index in [1.165, 1.54) is 0 Å². The molecule has 0 radical (unpaired) electrons. The van der Waals surface area contributed by atoms with E-state index in [4.69, 9.17) is 11.5 Å². The molecule has 4 N–H and O–H groups in total. The summed E-state index contributed by atoms with van der Waals surface area (Å²) in [6.45, 7) is 0. The lowest BCUT2D eigenvalue weighted by Gasteiger charge is -1.90. The van der Waals surface area contributed by atoms with Gasteiger partial charge in [0.2, 0.25) is 5.91 Å². The lowest BCUT2D eigenvalue weighted by Crippen LogP contribution is -2.14. The van der Waals surface area contributed by atoms with Crippen molar-refractivity contribution < 1.29 is 4.79 Å². The molecule has 0 aliphatic carbocycles. The standard InChI is InChI=1S/C6H10N4O/c1-10-3-4(7)5(9-10)2-6(8)11/h3H,2,7H2,1H3,(H2,8,11). The number of anilines is 1. The van der Waals surface area contributed by atoms with Crippen molar-refractivity contribution in [2.24, 2.45) is 12.8 Å². The van der Waals surface area contributed by atoms with Crippen LogP contribution in [0.4, 0.5) is 5.69 Å². The van der Waals surface area contributed by atoms with Gasteiger partial charge in [0.05, 0.1) is 17.8 Å². The van der Waals surface area contributed by atoms with Crippen molar-refractivity contribution in [3.8, 4) is 0 Å². The number of carbonyl (C=O) groups excluding carboxylic acids is 1. The number of nitrogens with two attached hydrogens (primary N) is 2. The highest BCUT2D eigenvalue weighted by atomic mass is 16.1. The van der Waals surface area contributed by atoms with E-state index in [0.29, 0.717) is 11.4 Å². The summed E-state index contributed by atoms with van der Waals surface area (Å²) in [5.74, 6) is -0.421. The summed E-state index contributed by atoms with van der Waals surface area (Å²) in [4.78, 5) is 10.4. The first-order valence-electron chi connectivity index (χ1n) is 3.16. The number of nitrogen functional groups attached to an aromatic ring is 1. The van der Waals surface area contributed by atoms with E-state index in [1.807, 2.05) is 0 Å². The molecule has 1 aromatic rings. The molecule has 5 heteroatoms. The minimum atomic E-state index is -0.421. The predicted molar refractivity (Wildman–Crippen MR) is 40.5 cm³/mol. The number of hydrogen-bond acceptors (Lipinski definition) is 3. The van der Waals surface area contributed by atoms with E-state index < -0.39 is 5.91 Å². The molecule has 0 bridgehead atoms. The minimum absolute atomic E-state index is 0.104. The zero-order valence-corrected chi connectivity index (χ0v) is 6.24. The Balaban J connectivity index is 2.85. The van der Waals surface area contributed by atoms with Crippen LogP contribution in [0.25, 0.3) is 0 Å². The molecule has 0 fully saturated rings. The van der Waals surface area contributed by atoms with Crippen LogP contribution in [-0.2, 0) is 18.3 Å². The molecule has 1 rings (SSSR count). The molecule has 0 saturated heterocycles. The summed E-state index contributed by atoms with van der Waals surface area (Å²) in [6, 6.07) is 0. The van der Waals surface area contributed by atoms with Crippen molar-refractivity contribution in [3.05, 3.63) is 11.9 Å². The van der Waals surface area contributed by atoms with Gasteiger partial charge >= 0.3 is 0 Å². The Morgan fingerprint density at radius 1 is 1.82 bits per heavy atom. The van der Waals surface area contributed by atoms with Gasteiger partial charge in [-0.15, -0.1) is 0 Å². The van der Waals surface area contributed by atoms with Gasteiger partial charge in [0.25, 0.3) is 0 Å². The van der Waals surface area contributed by atoms with E-state index in [-0.39, 0.29) is 6.42 Å². The highest BCUT2D eigenvalue weighted by Gasteiger charge is 2.06. The van der Waals surface area contributed by atoms with Crippen LogP contribution in [0.15, 0.2) is 6.20 Å². The van der Waals surface area contributed by atoms with Gasteiger partial charge in [-0.25, -0.2) is 0 Å². The van der Waals surface area contributed by atoms with E-state index in [9.17, 15) is 4.79 Å². The number of hydrogen-bond donors (Lipinski definition) is 2. The van der Waals surface area contributed by atoms with Crippen molar-refractivity contribution in [3.63, 3.8) is 0 Å². The van der Waals surface area contributed by atoms with Crippen LogP contribution in [0.3, 0.4) is 0 Å². The van der Waals surface area contributed by atoms with Crippen LogP contribution < -0.4 is 11.5 Å². The van der Waals surface area contributed by atoms with Crippen molar-refractivity contribution in [1.82, 2.24) is 9.78 Å². The Morgan fingerprint density at radius 2 is 2.45 bits per heavy atom. The maximum Gasteiger partial charge on any atom is 0.223 e. The van der Waals surface area contributed by atoms with Gasteiger partial charge in [-0.1, -0.05) is 0 Å². The lowest BCUT2D eigenvalue weighted by molar-refractivity contribution is -0.117. The van der Waals surface area contributed by atoms with Crippen LogP contribution >= 0.6 is 0 Å². The fourth-order valence-corrected chi connectivity index (χ4v) is 0.855. The fourth-order valence-electron chi connectivity index (χ4n) is 0.855. The Kier molecular flexibility index (Phi) is 1.80. The number of primary amides is 1. The normalized spacial score (nSPS) is 9.91. The summed E-state index contributed by atoms with van der Waals surface area (Å²) in [6.07, 6.45) is 1.74. The number of aromatic nitrogens is 2. The van der Waals surface area contributed by atoms with Crippen molar-refractivity contribution in [2.45, 2.75) is 6.42 Å². The zero-order valence-electron chi connectivity index (χ0n) is 6.24. The number of aryl methyl sites for hydroxylation is 1. The Bertz CT molecular complexity index is 278. The molecule has 0 aliphatic rings. The van der Waals surface area contributed by atoms with Crippen LogP contribution in [-0.4, -0.2) is 15.7 Å². The lowest BCUT2D eigenvalue weighted by atomic mass is 10.3. The molecule has 0 atom stereocenters. The third-order valence-electron chi connectivity index (χ3n) is 1.28. The van der Waals surface area contributed by atoms with Gasteiger partial charge in [0.1, 0.15) is 0 Å². The smallest absolute Gasteiger partial charge is 0.223 e. The molecular weight excluding hydrogens is 144 g/mol. The summed E-state index contributed by atoms with van der Waals surface area (Å²) in [5, 5.41) is 3.94. The molecule has 11 heavy (non-hydrogen) atoms. The van der Waals surface area contributed by atoms with Crippen molar-refractivity contribution in [2.75, 3.05) is 5.73 Å². The van der Waals surface area contributed by atoms with E-state index in [1.54, 1.807) is 17.9 Å². The highest BCUT2D eigenvalue weighted by Crippen LogP contribution is 2.07. The predicted octanol–water partition coefficient (Wildman–Crippen LogP) is -0.970. The third kappa shape index (κ3) is 1.70. The van der Waals surface area contributed by atoms with Gasteiger partial charge in [-0.3, -0.25) is 9.48 Å². The quantitative estimate of drug-likeness (QED) is 0.574. The molecule has 1 amide bonds. The maximum absolute atomic E-state index is 10.4. The second kappa shape index (κ2) is 2.61. The molecule has 0 spiro atoms. The average Bonchev–Trinajstić information content (AvgIpc) is 2.09. The monoisotopic (exact) mass is 154 g/mol. The second-order valence-corrected chi connectivity index (χ2v) is 2.35. The Labute approximate surface area is 64.0 Å². The average molecular weight is 154 g/mol. The molecule has 0 saturated carbocycles. The SMILES string of the molecule is Cn1cc(N)c(CC(N)=O)n1. The van der Waals surface area contributed by atoms with Gasteiger partial charge in [-0.05, 0) is 0 Å². The fraction of sp³-hybridized carbons (Fsp3) is 0.333. The summed E-state index contributed by atoms with van der Waals surface area (Å²) < 4.78 is 1.55. The molecule has 60 valence electrons.